The molecule has 25 heavy (non-hydrogen) atoms. The summed E-state index contributed by atoms with van der Waals surface area (Å²) in [4.78, 5) is 10.4. The number of nitrogens with one attached hydrogen (secondary N) is 1. The molecule has 132 valence electrons. The van der Waals surface area contributed by atoms with Gasteiger partial charge in [-0.25, -0.2) is 0 Å². The molecule has 0 heterocycles. The summed E-state index contributed by atoms with van der Waals surface area (Å²) in [6, 6.07) is 18.4. The Bertz CT molecular complexity index is 662. The highest BCUT2D eigenvalue weighted by Crippen LogP contribution is 2.33. The van der Waals surface area contributed by atoms with Gasteiger partial charge in [-0.05, 0) is 62.1 Å². The minimum absolute atomic E-state index is 0.178. The lowest BCUT2D eigenvalue weighted by Crippen LogP contribution is -2.33. The summed E-state index contributed by atoms with van der Waals surface area (Å²) in [6.07, 6.45) is 7.00. The number of nitro benzene ring substituents is 1. The zero-order valence-electron chi connectivity index (χ0n) is 14.6. The molecular formula is C21H26N2O2. The van der Waals surface area contributed by atoms with Crippen molar-refractivity contribution in [1.29, 1.82) is 0 Å². The van der Waals surface area contributed by atoms with E-state index in [-0.39, 0.29) is 10.6 Å². The van der Waals surface area contributed by atoms with Gasteiger partial charge in [0, 0.05) is 18.2 Å². The van der Waals surface area contributed by atoms with Gasteiger partial charge in [0.05, 0.1) is 4.92 Å². The van der Waals surface area contributed by atoms with Gasteiger partial charge in [0.1, 0.15) is 0 Å². The lowest BCUT2D eigenvalue weighted by atomic mass is 9.81. The lowest BCUT2D eigenvalue weighted by Gasteiger charge is -2.29. The van der Waals surface area contributed by atoms with Gasteiger partial charge >= 0.3 is 0 Å². The third-order valence-electron chi connectivity index (χ3n) is 5.22. The molecule has 1 N–H and O–H groups in total. The summed E-state index contributed by atoms with van der Waals surface area (Å²) in [6.45, 7) is 1.07. The summed E-state index contributed by atoms with van der Waals surface area (Å²) >= 11 is 0. The van der Waals surface area contributed by atoms with Crippen LogP contribution >= 0.6 is 0 Å². The molecule has 4 nitrogen and oxygen atoms in total. The monoisotopic (exact) mass is 338 g/mol. The van der Waals surface area contributed by atoms with E-state index in [1.165, 1.54) is 30.4 Å². The Labute approximate surface area is 149 Å². The van der Waals surface area contributed by atoms with Crippen molar-refractivity contribution in [3.05, 3.63) is 75.8 Å². The Hall–Kier alpha value is -2.20. The minimum atomic E-state index is -0.333. The van der Waals surface area contributed by atoms with Gasteiger partial charge in [-0.2, -0.15) is 0 Å². The Morgan fingerprint density at radius 1 is 0.960 bits per heavy atom. The van der Waals surface area contributed by atoms with Crippen LogP contribution in [0.5, 0.6) is 0 Å². The number of hydrogen-bond donors (Lipinski definition) is 1. The zero-order valence-corrected chi connectivity index (χ0v) is 14.6. The van der Waals surface area contributed by atoms with Crippen molar-refractivity contribution in [2.24, 2.45) is 0 Å². The fraction of sp³-hybridized carbons (Fsp3) is 0.429. The van der Waals surface area contributed by atoms with Gasteiger partial charge in [0.15, 0.2) is 0 Å². The van der Waals surface area contributed by atoms with Crippen LogP contribution in [0, 0.1) is 10.1 Å². The summed E-state index contributed by atoms with van der Waals surface area (Å²) in [5.41, 5.74) is 2.83. The number of non-ortho nitro benzene ring substituents is 1. The van der Waals surface area contributed by atoms with Crippen LogP contribution in [0.25, 0.3) is 0 Å². The molecule has 0 spiro atoms. The average molecular weight is 338 g/mol. The number of aryl methyl sites for hydroxylation is 1. The van der Waals surface area contributed by atoms with Crippen LogP contribution in [0.4, 0.5) is 5.69 Å². The number of rotatable bonds is 7. The first-order chi connectivity index (χ1) is 12.2. The van der Waals surface area contributed by atoms with E-state index >= 15 is 0 Å². The zero-order chi connectivity index (χ0) is 17.5. The van der Waals surface area contributed by atoms with Crippen molar-refractivity contribution in [2.75, 3.05) is 6.54 Å². The van der Waals surface area contributed by atoms with Gasteiger partial charge in [-0.3, -0.25) is 10.1 Å². The van der Waals surface area contributed by atoms with E-state index in [9.17, 15) is 10.1 Å². The number of benzene rings is 2. The fourth-order valence-electron chi connectivity index (χ4n) is 3.74. The van der Waals surface area contributed by atoms with E-state index in [4.69, 9.17) is 0 Å². The summed E-state index contributed by atoms with van der Waals surface area (Å²) in [5.74, 6) is 0.545. The largest absolute Gasteiger partial charge is 0.314 e. The topological polar surface area (TPSA) is 55.2 Å². The highest BCUT2D eigenvalue weighted by atomic mass is 16.6. The maximum atomic E-state index is 10.7. The smallest absolute Gasteiger partial charge is 0.269 e. The molecule has 2 aromatic carbocycles. The Kier molecular flexibility index (Phi) is 6.18. The number of hydrogen-bond acceptors (Lipinski definition) is 3. The van der Waals surface area contributed by atoms with E-state index < -0.39 is 0 Å². The van der Waals surface area contributed by atoms with Gasteiger partial charge in [0.25, 0.3) is 5.69 Å². The summed E-state index contributed by atoms with van der Waals surface area (Å²) in [5, 5.41) is 14.4. The third-order valence-corrected chi connectivity index (χ3v) is 5.22. The van der Waals surface area contributed by atoms with Crippen molar-refractivity contribution < 1.29 is 4.92 Å². The molecule has 0 radical (unpaired) electrons. The molecule has 0 amide bonds. The van der Waals surface area contributed by atoms with Crippen LogP contribution in [0.1, 0.15) is 49.1 Å². The van der Waals surface area contributed by atoms with Crippen LogP contribution in [0.2, 0.25) is 0 Å². The molecule has 4 heteroatoms. The van der Waals surface area contributed by atoms with Crippen LogP contribution in [0.3, 0.4) is 0 Å². The number of nitro groups is 1. The molecule has 1 saturated carbocycles. The molecule has 1 aliphatic carbocycles. The highest BCUT2D eigenvalue weighted by molar-refractivity contribution is 5.34. The van der Waals surface area contributed by atoms with E-state index in [1.807, 2.05) is 12.1 Å². The van der Waals surface area contributed by atoms with Gasteiger partial charge in [0.2, 0.25) is 0 Å². The molecule has 0 atom stereocenters. The van der Waals surface area contributed by atoms with Crippen molar-refractivity contribution in [3.8, 4) is 0 Å². The predicted molar refractivity (Wildman–Crippen MR) is 101 cm³/mol. The standard InChI is InChI=1S/C21H26N2O2/c24-23(25)21-14-10-19(11-15-21)18-8-12-20(13-9-18)22-16-4-7-17-5-2-1-3-6-17/h1-3,5-6,10-11,14-15,18,20,22H,4,7-9,12-13,16H2/t18-,20-. The first kappa shape index (κ1) is 17.6. The first-order valence-corrected chi connectivity index (χ1v) is 9.24. The summed E-state index contributed by atoms with van der Waals surface area (Å²) < 4.78 is 0. The normalized spacial score (nSPS) is 20.3. The second-order valence-electron chi connectivity index (χ2n) is 6.94. The Morgan fingerprint density at radius 3 is 2.28 bits per heavy atom. The molecule has 0 aliphatic heterocycles. The molecule has 0 unspecified atom stereocenters. The van der Waals surface area contributed by atoms with Crippen molar-refractivity contribution in [2.45, 2.75) is 50.5 Å². The number of nitrogens with zero attached hydrogens (tertiary/aromatic N) is 1. The molecule has 0 saturated heterocycles. The maximum Gasteiger partial charge on any atom is 0.269 e. The third kappa shape index (κ3) is 5.13. The lowest BCUT2D eigenvalue weighted by molar-refractivity contribution is -0.384. The predicted octanol–water partition coefficient (Wildman–Crippen LogP) is 4.84. The minimum Gasteiger partial charge on any atom is -0.314 e. The van der Waals surface area contributed by atoms with E-state index in [2.05, 4.69) is 35.6 Å². The highest BCUT2D eigenvalue weighted by Gasteiger charge is 2.22. The molecular weight excluding hydrogens is 312 g/mol. The summed E-state index contributed by atoms with van der Waals surface area (Å²) in [7, 11) is 0. The van der Waals surface area contributed by atoms with E-state index in [0.717, 1.165) is 25.8 Å². The Morgan fingerprint density at radius 2 is 1.64 bits per heavy atom. The second-order valence-corrected chi connectivity index (χ2v) is 6.94. The van der Waals surface area contributed by atoms with Gasteiger partial charge in [-0.1, -0.05) is 42.5 Å². The first-order valence-electron chi connectivity index (χ1n) is 9.24. The molecule has 1 aliphatic rings. The van der Waals surface area contributed by atoms with Crippen LogP contribution in [-0.2, 0) is 6.42 Å². The van der Waals surface area contributed by atoms with Gasteiger partial charge in [-0.15, -0.1) is 0 Å². The maximum absolute atomic E-state index is 10.7. The SMILES string of the molecule is O=[N+]([O-])c1ccc([C@H]2CC[C@H](NCCCc3ccccc3)CC2)cc1. The fourth-order valence-corrected chi connectivity index (χ4v) is 3.74. The van der Waals surface area contributed by atoms with E-state index in [1.54, 1.807) is 12.1 Å². The van der Waals surface area contributed by atoms with Crippen LogP contribution < -0.4 is 5.32 Å². The molecule has 2 aromatic rings. The Balaban J connectivity index is 1.37. The van der Waals surface area contributed by atoms with Crippen molar-refractivity contribution in [3.63, 3.8) is 0 Å². The van der Waals surface area contributed by atoms with Crippen molar-refractivity contribution >= 4 is 5.69 Å². The molecule has 0 aromatic heterocycles. The second kappa shape index (κ2) is 8.77. The van der Waals surface area contributed by atoms with E-state index in [0.29, 0.717) is 12.0 Å². The molecule has 0 bridgehead atoms. The quantitative estimate of drug-likeness (QED) is 0.446. The average Bonchev–Trinajstić information content (AvgIpc) is 2.67. The molecule has 3 rings (SSSR count). The van der Waals surface area contributed by atoms with Gasteiger partial charge < -0.3 is 5.32 Å². The molecule has 1 fully saturated rings. The van der Waals surface area contributed by atoms with Crippen LogP contribution in [-0.4, -0.2) is 17.5 Å². The van der Waals surface area contributed by atoms with Crippen molar-refractivity contribution in [1.82, 2.24) is 5.32 Å². The van der Waals surface area contributed by atoms with Crippen LogP contribution in [0.15, 0.2) is 54.6 Å².